The molecule has 0 amide bonds. The zero-order valence-electron chi connectivity index (χ0n) is 12.6. The monoisotopic (exact) mass is 333 g/mol. The summed E-state index contributed by atoms with van der Waals surface area (Å²) in [6.45, 7) is 1.29. The molecule has 23 heavy (non-hydrogen) atoms. The highest BCUT2D eigenvalue weighted by Crippen LogP contribution is 2.30. The molecule has 0 spiro atoms. The number of ketones is 1. The van der Waals surface area contributed by atoms with E-state index in [1.54, 1.807) is 30.3 Å². The smallest absolute Gasteiger partial charge is 0.335 e. The molecule has 0 unspecified atom stereocenters. The van der Waals surface area contributed by atoms with Crippen LogP contribution < -0.4 is 4.31 Å². The van der Waals surface area contributed by atoms with Crippen LogP contribution in [0.1, 0.15) is 27.6 Å². The van der Waals surface area contributed by atoms with Gasteiger partial charge in [0.25, 0.3) is 0 Å². The first kappa shape index (κ1) is 16.7. The number of rotatable bonds is 5. The first-order valence-electron chi connectivity index (χ1n) is 6.65. The maximum absolute atomic E-state index is 12.2. The number of Topliss-reactive ketones (excluding diaryl/α,β-unsaturated/α-hetero) is 1. The first-order valence-corrected chi connectivity index (χ1v) is 8.49. The van der Waals surface area contributed by atoms with Crippen LogP contribution in [0.5, 0.6) is 0 Å². The number of carboxylic acid groups (broad SMARTS) is 1. The van der Waals surface area contributed by atoms with Crippen LogP contribution in [0.15, 0.2) is 48.5 Å². The van der Waals surface area contributed by atoms with E-state index in [1.165, 1.54) is 25.1 Å². The fraction of sp³-hybridized carbons (Fsp3) is 0.125. The number of aromatic carboxylic acids is 1. The van der Waals surface area contributed by atoms with E-state index in [1.807, 2.05) is 0 Å². The second-order valence-electron chi connectivity index (χ2n) is 4.99. The lowest BCUT2D eigenvalue weighted by Gasteiger charge is -2.23. The van der Waals surface area contributed by atoms with Gasteiger partial charge in [-0.05, 0) is 37.3 Å². The lowest BCUT2D eigenvalue weighted by molar-refractivity contribution is 0.0697. The van der Waals surface area contributed by atoms with Crippen molar-refractivity contribution < 1.29 is 23.1 Å². The van der Waals surface area contributed by atoms with Gasteiger partial charge in [0.05, 0.1) is 23.2 Å². The number of para-hydroxylation sites is 1. The fourth-order valence-electron chi connectivity index (χ4n) is 2.15. The second-order valence-corrected chi connectivity index (χ2v) is 6.82. The maximum atomic E-state index is 12.2. The molecule has 0 saturated heterocycles. The Bertz CT molecular complexity index is 827. The van der Waals surface area contributed by atoms with Crippen molar-refractivity contribution in [1.82, 2.24) is 0 Å². The Labute approximate surface area is 134 Å². The van der Waals surface area contributed by atoms with Gasteiger partial charge in [-0.3, -0.25) is 4.79 Å². The summed E-state index contributed by atoms with van der Waals surface area (Å²) in [5, 5.41) is 9.19. The van der Waals surface area contributed by atoms with Gasteiger partial charge in [0, 0.05) is 5.56 Å². The summed E-state index contributed by atoms with van der Waals surface area (Å²) in [5.74, 6) is -1.59. The number of carbonyl (C=O) groups is 2. The zero-order valence-corrected chi connectivity index (χ0v) is 13.4. The first-order chi connectivity index (χ1) is 10.7. The van der Waals surface area contributed by atoms with Gasteiger partial charge in [0.15, 0.2) is 5.78 Å². The third kappa shape index (κ3) is 3.75. The zero-order chi connectivity index (χ0) is 17.2. The third-order valence-electron chi connectivity index (χ3n) is 3.13. The third-order valence-corrected chi connectivity index (χ3v) is 4.21. The predicted octanol–water partition coefficient (Wildman–Crippen LogP) is 2.69. The van der Waals surface area contributed by atoms with E-state index in [0.29, 0.717) is 5.69 Å². The molecule has 2 aromatic rings. The van der Waals surface area contributed by atoms with Crippen LogP contribution in [-0.2, 0) is 10.0 Å². The van der Waals surface area contributed by atoms with Crippen LogP contribution in [0, 0.1) is 0 Å². The molecule has 0 bridgehead atoms. The van der Waals surface area contributed by atoms with E-state index >= 15 is 0 Å². The SMILES string of the molecule is CC(=O)c1cc(C(=O)O)cc(N(c2ccccc2)S(C)(=O)=O)c1. The molecule has 0 radical (unpaired) electrons. The summed E-state index contributed by atoms with van der Waals surface area (Å²) < 4.78 is 25.4. The number of sulfonamides is 1. The molecule has 0 heterocycles. The molecule has 0 aliphatic heterocycles. The molecule has 0 saturated carbocycles. The van der Waals surface area contributed by atoms with Gasteiger partial charge in [-0.25, -0.2) is 17.5 Å². The minimum Gasteiger partial charge on any atom is -0.478 e. The molecule has 0 aliphatic carbocycles. The molecule has 2 aromatic carbocycles. The van der Waals surface area contributed by atoms with Crippen LogP contribution >= 0.6 is 0 Å². The highest BCUT2D eigenvalue weighted by Gasteiger charge is 2.22. The number of carboxylic acids is 1. The summed E-state index contributed by atoms with van der Waals surface area (Å²) >= 11 is 0. The lowest BCUT2D eigenvalue weighted by Crippen LogP contribution is -2.25. The van der Waals surface area contributed by atoms with Crippen molar-refractivity contribution in [1.29, 1.82) is 0 Å². The highest BCUT2D eigenvalue weighted by molar-refractivity contribution is 7.92. The normalized spacial score (nSPS) is 11.0. The molecule has 6 nitrogen and oxygen atoms in total. The Morgan fingerprint density at radius 1 is 0.957 bits per heavy atom. The van der Waals surface area contributed by atoms with Crippen molar-refractivity contribution in [2.75, 3.05) is 10.6 Å². The van der Waals surface area contributed by atoms with Crippen molar-refractivity contribution in [3.63, 3.8) is 0 Å². The van der Waals surface area contributed by atoms with Gasteiger partial charge >= 0.3 is 5.97 Å². The van der Waals surface area contributed by atoms with Gasteiger partial charge < -0.3 is 5.11 Å². The lowest BCUT2D eigenvalue weighted by atomic mass is 10.1. The number of nitrogens with zero attached hydrogens (tertiary/aromatic N) is 1. The molecule has 0 fully saturated rings. The highest BCUT2D eigenvalue weighted by atomic mass is 32.2. The van der Waals surface area contributed by atoms with E-state index in [4.69, 9.17) is 0 Å². The Balaban J connectivity index is 2.73. The van der Waals surface area contributed by atoms with Crippen LogP contribution in [0.2, 0.25) is 0 Å². The number of anilines is 2. The fourth-order valence-corrected chi connectivity index (χ4v) is 3.14. The summed E-state index contributed by atoms with van der Waals surface area (Å²) in [6.07, 6.45) is 1.01. The largest absolute Gasteiger partial charge is 0.478 e. The van der Waals surface area contributed by atoms with Crippen LogP contribution in [-0.4, -0.2) is 31.5 Å². The molecule has 2 rings (SSSR count). The molecule has 120 valence electrons. The minimum absolute atomic E-state index is 0.101. The molecule has 0 atom stereocenters. The molecule has 7 heteroatoms. The van der Waals surface area contributed by atoms with Crippen molar-refractivity contribution in [3.8, 4) is 0 Å². The number of hydrogen-bond acceptors (Lipinski definition) is 4. The van der Waals surface area contributed by atoms with Crippen molar-refractivity contribution in [3.05, 3.63) is 59.7 Å². The van der Waals surface area contributed by atoms with Gasteiger partial charge in [-0.15, -0.1) is 0 Å². The van der Waals surface area contributed by atoms with Crippen molar-refractivity contribution in [2.24, 2.45) is 0 Å². The van der Waals surface area contributed by atoms with Crippen molar-refractivity contribution in [2.45, 2.75) is 6.92 Å². The van der Waals surface area contributed by atoms with Gasteiger partial charge in [-0.2, -0.15) is 0 Å². The van der Waals surface area contributed by atoms with Crippen LogP contribution in [0.25, 0.3) is 0 Å². The average Bonchev–Trinajstić information content (AvgIpc) is 2.46. The minimum atomic E-state index is -3.73. The molecule has 0 aliphatic rings. The van der Waals surface area contributed by atoms with Crippen molar-refractivity contribution >= 4 is 33.2 Å². The maximum Gasteiger partial charge on any atom is 0.335 e. The predicted molar refractivity (Wildman–Crippen MR) is 86.8 cm³/mol. The van der Waals surface area contributed by atoms with E-state index in [2.05, 4.69) is 0 Å². The van der Waals surface area contributed by atoms with Gasteiger partial charge in [0.1, 0.15) is 0 Å². The van der Waals surface area contributed by atoms with Crippen LogP contribution in [0.4, 0.5) is 11.4 Å². The van der Waals surface area contributed by atoms with E-state index in [9.17, 15) is 23.1 Å². The van der Waals surface area contributed by atoms with E-state index in [-0.39, 0.29) is 22.6 Å². The van der Waals surface area contributed by atoms with Gasteiger partial charge in [-0.1, -0.05) is 18.2 Å². The summed E-state index contributed by atoms with van der Waals surface area (Å²) in [6, 6.07) is 12.1. The Morgan fingerprint density at radius 2 is 1.52 bits per heavy atom. The van der Waals surface area contributed by atoms with Gasteiger partial charge in [0.2, 0.25) is 10.0 Å². The van der Waals surface area contributed by atoms with E-state index in [0.717, 1.165) is 10.6 Å². The summed E-state index contributed by atoms with van der Waals surface area (Å²) in [7, 11) is -3.73. The number of hydrogen-bond donors (Lipinski definition) is 1. The standard InChI is InChI=1S/C16H15NO5S/c1-11(18)12-8-13(16(19)20)10-15(9-12)17(23(2,21)22)14-6-4-3-5-7-14/h3-10H,1-2H3,(H,19,20). The molecular formula is C16H15NO5S. The second kappa shape index (κ2) is 6.21. The molecule has 1 N–H and O–H groups in total. The quantitative estimate of drug-likeness (QED) is 0.849. The Hall–Kier alpha value is -2.67. The Kier molecular flexibility index (Phi) is 4.51. The Morgan fingerprint density at radius 3 is 2.00 bits per heavy atom. The van der Waals surface area contributed by atoms with E-state index < -0.39 is 16.0 Å². The number of carbonyl (C=O) groups excluding carboxylic acids is 1. The molecular weight excluding hydrogens is 318 g/mol. The molecule has 0 aromatic heterocycles. The summed E-state index contributed by atoms with van der Waals surface area (Å²) in [4.78, 5) is 22.9. The van der Waals surface area contributed by atoms with Crippen LogP contribution in [0.3, 0.4) is 0 Å². The summed E-state index contributed by atoms with van der Waals surface area (Å²) in [5.41, 5.74) is 0.428. The number of benzene rings is 2. The average molecular weight is 333 g/mol. The topological polar surface area (TPSA) is 91.8 Å².